The van der Waals surface area contributed by atoms with Crippen LogP contribution in [0.25, 0.3) is 0 Å². The van der Waals surface area contributed by atoms with Gasteiger partial charge in [-0.25, -0.2) is 22.8 Å². The molecule has 2 heterocycles. The molecule has 13 heteroatoms. The minimum absolute atomic E-state index is 0.0202. The van der Waals surface area contributed by atoms with E-state index in [1.54, 1.807) is 45.3 Å². The summed E-state index contributed by atoms with van der Waals surface area (Å²) >= 11 is 0. The van der Waals surface area contributed by atoms with Gasteiger partial charge in [0.2, 0.25) is 16.0 Å². The third-order valence-electron chi connectivity index (χ3n) is 7.47. The molecule has 2 aromatic carbocycles. The first kappa shape index (κ1) is 30.8. The molecular formula is C29H35FN6O5S. The molecule has 1 aliphatic rings. The SMILES string of the molecule is CC(C)(C)[C@](CNC(=O)c1ccc(N2CCC(Nc3ncccn3)CC2)c(F)c1)(NS(=O)(=O)c1ccccc1)C(=O)O. The van der Waals surface area contributed by atoms with Gasteiger partial charge >= 0.3 is 5.97 Å². The van der Waals surface area contributed by atoms with Crippen LogP contribution in [0, 0.1) is 11.2 Å². The summed E-state index contributed by atoms with van der Waals surface area (Å²) in [5.41, 5.74) is -2.95. The Kier molecular flexibility index (Phi) is 9.12. The molecule has 42 heavy (non-hydrogen) atoms. The maximum Gasteiger partial charge on any atom is 0.327 e. The molecule has 0 radical (unpaired) electrons. The van der Waals surface area contributed by atoms with Crippen LogP contribution in [0.4, 0.5) is 16.0 Å². The van der Waals surface area contributed by atoms with E-state index in [-0.39, 0.29) is 16.5 Å². The second-order valence-corrected chi connectivity index (χ2v) is 12.9. The summed E-state index contributed by atoms with van der Waals surface area (Å²) in [6.07, 6.45) is 4.79. The Labute approximate surface area is 244 Å². The molecule has 1 fully saturated rings. The summed E-state index contributed by atoms with van der Waals surface area (Å²) < 4.78 is 43.7. The molecule has 11 nitrogen and oxygen atoms in total. The Bertz CT molecular complexity index is 1510. The number of hydrogen-bond donors (Lipinski definition) is 4. The Hall–Kier alpha value is -4.10. The van der Waals surface area contributed by atoms with E-state index in [0.717, 1.165) is 18.9 Å². The number of halogens is 1. The topological polar surface area (TPSA) is 154 Å². The summed E-state index contributed by atoms with van der Waals surface area (Å²) in [6, 6.07) is 13.3. The summed E-state index contributed by atoms with van der Waals surface area (Å²) in [5.74, 6) is -2.25. The van der Waals surface area contributed by atoms with Crippen LogP contribution in [0.5, 0.6) is 0 Å². The normalized spacial score (nSPS) is 16.0. The number of piperidine rings is 1. The summed E-state index contributed by atoms with van der Waals surface area (Å²) in [4.78, 5) is 35.8. The Morgan fingerprint density at radius 2 is 1.67 bits per heavy atom. The van der Waals surface area contributed by atoms with Crippen LogP contribution in [0.3, 0.4) is 0 Å². The lowest BCUT2D eigenvalue weighted by Crippen LogP contribution is -2.67. The highest BCUT2D eigenvalue weighted by atomic mass is 32.2. The van der Waals surface area contributed by atoms with E-state index in [0.29, 0.717) is 24.7 Å². The van der Waals surface area contributed by atoms with Crippen LogP contribution in [-0.4, -0.2) is 66.6 Å². The molecule has 1 aliphatic heterocycles. The average Bonchev–Trinajstić information content (AvgIpc) is 2.96. The molecule has 1 atom stereocenters. The highest BCUT2D eigenvalue weighted by molar-refractivity contribution is 7.89. The van der Waals surface area contributed by atoms with Crippen molar-refractivity contribution in [3.63, 3.8) is 0 Å². The molecule has 0 saturated carbocycles. The second-order valence-electron chi connectivity index (χ2n) is 11.2. The van der Waals surface area contributed by atoms with E-state index in [9.17, 15) is 23.1 Å². The molecule has 0 spiro atoms. The predicted molar refractivity (Wildman–Crippen MR) is 156 cm³/mol. The van der Waals surface area contributed by atoms with Crippen molar-refractivity contribution in [2.75, 3.05) is 29.9 Å². The van der Waals surface area contributed by atoms with Crippen LogP contribution in [0.1, 0.15) is 44.0 Å². The number of carboxylic acids is 1. The maximum absolute atomic E-state index is 15.2. The molecule has 3 aromatic rings. The van der Waals surface area contributed by atoms with Crippen LogP contribution >= 0.6 is 0 Å². The van der Waals surface area contributed by atoms with Crippen LogP contribution < -0.4 is 20.3 Å². The van der Waals surface area contributed by atoms with Crippen molar-refractivity contribution in [1.29, 1.82) is 0 Å². The summed E-state index contributed by atoms with van der Waals surface area (Å²) in [7, 11) is -4.26. The molecule has 4 N–H and O–H groups in total. The van der Waals surface area contributed by atoms with Gasteiger partial charge < -0.3 is 20.6 Å². The molecule has 1 aromatic heterocycles. The first-order chi connectivity index (χ1) is 19.8. The third kappa shape index (κ3) is 6.85. The zero-order valence-electron chi connectivity index (χ0n) is 23.7. The van der Waals surface area contributed by atoms with Gasteiger partial charge in [-0.2, -0.15) is 4.72 Å². The number of nitrogens with zero attached hydrogens (tertiary/aromatic N) is 3. The van der Waals surface area contributed by atoms with Crippen molar-refractivity contribution in [3.8, 4) is 0 Å². The Morgan fingerprint density at radius 1 is 1.02 bits per heavy atom. The quantitative estimate of drug-likeness (QED) is 0.275. The van der Waals surface area contributed by atoms with E-state index in [1.807, 2.05) is 4.90 Å². The number of anilines is 2. The smallest absolute Gasteiger partial charge is 0.327 e. The monoisotopic (exact) mass is 598 g/mol. The number of rotatable bonds is 10. The van der Waals surface area contributed by atoms with Gasteiger partial charge in [-0.15, -0.1) is 0 Å². The first-order valence-corrected chi connectivity index (χ1v) is 15.0. The number of nitrogens with one attached hydrogen (secondary N) is 3. The number of carboxylic acid groups (broad SMARTS) is 1. The maximum atomic E-state index is 15.2. The van der Waals surface area contributed by atoms with Crippen molar-refractivity contribution < 1.29 is 27.5 Å². The van der Waals surface area contributed by atoms with E-state index < -0.39 is 45.2 Å². The number of carbonyl (C=O) groups excluding carboxylic acids is 1. The van der Waals surface area contributed by atoms with E-state index >= 15 is 4.39 Å². The van der Waals surface area contributed by atoms with E-state index in [4.69, 9.17) is 0 Å². The Balaban J connectivity index is 1.44. The lowest BCUT2D eigenvalue weighted by Gasteiger charge is -2.41. The molecule has 4 rings (SSSR count). The third-order valence-corrected chi connectivity index (χ3v) is 8.98. The molecule has 1 saturated heterocycles. The van der Waals surface area contributed by atoms with Gasteiger partial charge in [0.1, 0.15) is 5.82 Å². The highest BCUT2D eigenvalue weighted by Crippen LogP contribution is 2.33. The number of aromatic nitrogens is 2. The average molecular weight is 599 g/mol. The first-order valence-electron chi connectivity index (χ1n) is 13.5. The van der Waals surface area contributed by atoms with Crippen molar-refractivity contribution >= 4 is 33.5 Å². The number of aliphatic carboxylic acids is 1. The standard InChI is InChI=1S/C29H35FN6O5S/c1-28(2,3)29(26(38)39,35-42(40,41)22-8-5-4-6-9-22)19-33-25(37)20-10-11-24(23(30)18-20)36-16-12-21(13-17-36)34-27-31-14-7-15-32-27/h4-11,14-15,18,21,35H,12-13,16-17,19H2,1-3H3,(H,33,37)(H,38,39)(H,31,32,34)/t29-/m1/s1. The van der Waals surface area contributed by atoms with Gasteiger partial charge in [0, 0.05) is 43.6 Å². The number of carbonyl (C=O) groups is 2. The molecule has 224 valence electrons. The zero-order valence-corrected chi connectivity index (χ0v) is 24.5. The number of benzene rings is 2. The van der Waals surface area contributed by atoms with Crippen LogP contribution in [-0.2, 0) is 14.8 Å². The fourth-order valence-corrected chi connectivity index (χ4v) is 6.38. The van der Waals surface area contributed by atoms with Crippen molar-refractivity contribution in [2.45, 2.75) is 50.1 Å². The van der Waals surface area contributed by atoms with E-state index in [2.05, 4.69) is 25.3 Å². The molecule has 0 aliphatic carbocycles. The van der Waals surface area contributed by atoms with Crippen LogP contribution in [0.15, 0.2) is 71.9 Å². The number of hydrogen-bond acceptors (Lipinski definition) is 8. The highest BCUT2D eigenvalue weighted by Gasteiger charge is 2.52. The fraction of sp³-hybridized carbons (Fsp3) is 0.379. The number of amides is 1. The summed E-state index contributed by atoms with van der Waals surface area (Å²) in [5, 5.41) is 16.0. The minimum Gasteiger partial charge on any atom is -0.480 e. The van der Waals surface area contributed by atoms with Crippen LogP contribution in [0.2, 0.25) is 0 Å². The largest absolute Gasteiger partial charge is 0.480 e. The van der Waals surface area contributed by atoms with Gasteiger partial charge in [0.15, 0.2) is 5.54 Å². The van der Waals surface area contributed by atoms with Gasteiger partial charge in [-0.05, 0) is 54.7 Å². The predicted octanol–water partition coefficient (Wildman–Crippen LogP) is 3.27. The Morgan fingerprint density at radius 3 is 2.24 bits per heavy atom. The minimum atomic E-state index is -4.26. The van der Waals surface area contributed by atoms with E-state index in [1.165, 1.54) is 36.4 Å². The summed E-state index contributed by atoms with van der Waals surface area (Å²) in [6.45, 7) is 5.26. The molecule has 0 unspecified atom stereocenters. The van der Waals surface area contributed by atoms with Crippen molar-refractivity contribution in [3.05, 3.63) is 78.4 Å². The molecule has 1 amide bonds. The molecule has 0 bridgehead atoms. The van der Waals surface area contributed by atoms with Gasteiger partial charge in [0.05, 0.1) is 10.6 Å². The van der Waals surface area contributed by atoms with Gasteiger partial charge in [0.25, 0.3) is 5.91 Å². The van der Waals surface area contributed by atoms with Crippen molar-refractivity contribution in [1.82, 2.24) is 20.0 Å². The molecular weight excluding hydrogens is 563 g/mol. The lowest BCUT2D eigenvalue weighted by atomic mass is 9.74. The van der Waals surface area contributed by atoms with Crippen molar-refractivity contribution in [2.24, 2.45) is 5.41 Å². The second kappa shape index (κ2) is 12.4. The number of sulfonamides is 1. The fourth-order valence-electron chi connectivity index (χ4n) is 4.82. The zero-order chi connectivity index (χ0) is 30.5. The lowest BCUT2D eigenvalue weighted by molar-refractivity contribution is -0.148. The van der Waals surface area contributed by atoms with Gasteiger partial charge in [-0.1, -0.05) is 39.0 Å². The van der Waals surface area contributed by atoms with Gasteiger partial charge in [-0.3, -0.25) is 9.59 Å².